The summed E-state index contributed by atoms with van der Waals surface area (Å²) in [7, 11) is 0. The molecule has 1 aliphatic rings. The van der Waals surface area contributed by atoms with E-state index < -0.39 is 11.5 Å². The van der Waals surface area contributed by atoms with Crippen molar-refractivity contribution in [3.63, 3.8) is 0 Å². The highest BCUT2D eigenvalue weighted by molar-refractivity contribution is 5.89. The summed E-state index contributed by atoms with van der Waals surface area (Å²) >= 11 is 0. The summed E-state index contributed by atoms with van der Waals surface area (Å²) in [6.07, 6.45) is 11.1. The van der Waals surface area contributed by atoms with Crippen LogP contribution in [0.3, 0.4) is 0 Å². The van der Waals surface area contributed by atoms with E-state index in [4.69, 9.17) is 10.5 Å². The molecule has 4 heteroatoms. The Labute approximate surface area is 116 Å². The van der Waals surface area contributed by atoms with Crippen molar-refractivity contribution >= 4 is 11.9 Å². The number of rotatable bonds is 11. The Bertz CT molecular complexity index is 298. The zero-order valence-electron chi connectivity index (χ0n) is 12.1. The van der Waals surface area contributed by atoms with E-state index in [9.17, 15) is 9.59 Å². The van der Waals surface area contributed by atoms with Gasteiger partial charge in [0.05, 0.1) is 0 Å². The van der Waals surface area contributed by atoms with Gasteiger partial charge in [0.15, 0.2) is 5.60 Å². The van der Waals surface area contributed by atoms with Crippen LogP contribution in [0.15, 0.2) is 0 Å². The van der Waals surface area contributed by atoms with Gasteiger partial charge in [0.2, 0.25) is 0 Å². The lowest BCUT2D eigenvalue weighted by Gasteiger charge is -2.12. The molecule has 110 valence electrons. The van der Waals surface area contributed by atoms with Gasteiger partial charge >= 0.3 is 5.97 Å². The van der Waals surface area contributed by atoms with Crippen LogP contribution in [0.1, 0.15) is 77.6 Å². The van der Waals surface area contributed by atoms with E-state index in [1.54, 1.807) is 0 Å². The summed E-state index contributed by atoms with van der Waals surface area (Å²) in [4.78, 5) is 22.6. The van der Waals surface area contributed by atoms with Crippen LogP contribution in [0, 0.1) is 0 Å². The number of carbonyl (C=O) groups is 2. The molecule has 1 aliphatic carbocycles. The quantitative estimate of drug-likeness (QED) is 0.463. The molecule has 0 spiro atoms. The van der Waals surface area contributed by atoms with Crippen molar-refractivity contribution in [1.82, 2.24) is 0 Å². The van der Waals surface area contributed by atoms with Gasteiger partial charge in [0.1, 0.15) is 0 Å². The Morgan fingerprint density at radius 1 is 1.00 bits per heavy atom. The number of ether oxygens (including phenoxy) is 1. The minimum atomic E-state index is -0.947. The number of hydrogen-bond donors (Lipinski definition) is 1. The van der Waals surface area contributed by atoms with Crippen LogP contribution in [0.25, 0.3) is 0 Å². The molecule has 0 aromatic carbocycles. The van der Waals surface area contributed by atoms with Gasteiger partial charge < -0.3 is 10.5 Å². The van der Waals surface area contributed by atoms with E-state index in [-0.39, 0.29) is 5.97 Å². The maximum atomic E-state index is 11.5. The monoisotopic (exact) mass is 269 g/mol. The summed E-state index contributed by atoms with van der Waals surface area (Å²) in [5.74, 6) is -0.779. The molecule has 0 bridgehead atoms. The second-order valence-corrected chi connectivity index (χ2v) is 5.56. The van der Waals surface area contributed by atoms with Crippen molar-refractivity contribution in [3.05, 3.63) is 0 Å². The van der Waals surface area contributed by atoms with Gasteiger partial charge in [-0.3, -0.25) is 9.59 Å². The zero-order chi connectivity index (χ0) is 14.1. The molecular weight excluding hydrogens is 242 g/mol. The summed E-state index contributed by atoms with van der Waals surface area (Å²) in [6, 6.07) is 0. The maximum Gasteiger partial charge on any atom is 0.306 e. The lowest BCUT2D eigenvalue weighted by molar-refractivity contribution is -0.157. The molecule has 0 unspecified atom stereocenters. The fraction of sp³-hybridized carbons (Fsp3) is 0.867. The number of esters is 1. The minimum Gasteiger partial charge on any atom is -0.449 e. The van der Waals surface area contributed by atoms with Gasteiger partial charge in [-0.05, 0) is 6.42 Å². The Morgan fingerprint density at radius 3 is 2.00 bits per heavy atom. The smallest absolute Gasteiger partial charge is 0.306 e. The molecular formula is C15H27NO3. The Hall–Kier alpha value is -1.06. The highest BCUT2D eigenvalue weighted by Gasteiger charge is 2.52. The first-order chi connectivity index (χ1) is 9.10. The predicted molar refractivity (Wildman–Crippen MR) is 74.5 cm³/mol. The molecule has 0 radical (unpaired) electrons. The van der Waals surface area contributed by atoms with Crippen molar-refractivity contribution in [1.29, 1.82) is 0 Å². The summed E-state index contributed by atoms with van der Waals surface area (Å²) in [6.45, 7) is 2.21. The van der Waals surface area contributed by atoms with Gasteiger partial charge in [-0.2, -0.15) is 0 Å². The molecule has 0 saturated heterocycles. The summed E-state index contributed by atoms with van der Waals surface area (Å²) in [5.41, 5.74) is 4.25. The largest absolute Gasteiger partial charge is 0.449 e. The Morgan fingerprint density at radius 2 is 1.53 bits per heavy atom. The van der Waals surface area contributed by atoms with E-state index in [2.05, 4.69) is 6.92 Å². The number of unbranched alkanes of at least 4 members (excludes halogenated alkanes) is 7. The fourth-order valence-corrected chi connectivity index (χ4v) is 2.18. The SMILES string of the molecule is CCCCCCCCCCC(=O)OC1(C(N)=O)CC1. The summed E-state index contributed by atoms with van der Waals surface area (Å²) < 4.78 is 5.16. The molecule has 0 aliphatic heterocycles. The van der Waals surface area contributed by atoms with E-state index in [0.29, 0.717) is 19.3 Å². The van der Waals surface area contributed by atoms with Crippen LogP contribution in [0.4, 0.5) is 0 Å². The normalized spacial score (nSPS) is 16.1. The highest BCUT2D eigenvalue weighted by atomic mass is 16.6. The van der Waals surface area contributed by atoms with Crippen LogP contribution in [0.2, 0.25) is 0 Å². The van der Waals surface area contributed by atoms with Gasteiger partial charge in [0, 0.05) is 19.3 Å². The number of nitrogens with two attached hydrogens (primary N) is 1. The first-order valence-corrected chi connectivity index (χ1v) is 7.62. The molecule has 0 atom stereocenters. The molecule has 0 aromatic heterocycles. The standard InChI is InChI=1S/C15H27NO3/c1-2-3-4-5-6-7-8-9-10-13(17)19-15(11-12-15)14(16)18/h2-12H2,1H3,(H2,16,18). The van der Waals surface area contributed by atoms with Crippen LogP contribution >= 0.6 is 0 Å². The van der Waals surface area contributed by atoms with Crippen LogP contribution < -0.4 is 5.73 Å². The molecule has 0 heterocycles. The molecule has 1 saturated carbocycles. The molecule has 19 heavy (non-hydrogen) atoms. The van der Waals surface area contributed by atoms with Crippen LogP contribution in [-0.2, 0) is 14.3 Å². The van der Waals surface area contributed by atoms with Crippen molar-refractivity contribution in [2.75, 3.05) is 0 Å². The second-order valence-electron chi connectivity index (χ2n) is 5.56. The van der Waals surface area contributed by atoms with Crippen molar-refractivity contribution in [2.24, 2.45) is 5.73 Å². The third kappa shape index (κ3) is 6.08. The fourth-order valence-electron chi connectivity index (χ4n) is 2.18. The number of hydrogen-bond acceptors (Lipinski definition) is 3. The molecule has 0 aromatic rings. The third-order valence-electron chi connectivity index (χ3n) is 3.70. The van der Waals surface area contributed by atoms with Gasteiger partial charge in [-0.25, -0.2) is 0 Å². The van der Waals surface area contributed by atoms with Gasteiger partial charge in [-0.15, -0.1) is 0 Å². The van der Waals surface area contributed by atoms with Gasteiger partial charge in [0.25, 0.3) is 5.91 Å². The van der Waals surface area contributed by atoms with Crippen LogP contribution in [0.5, 0.6) is 0 Å². The third-order valence-corrected chi connectivity index (χ3v) is 3.70. The lowest BCUT2D eigenvalue weighted by Crippen LogP contribution is -2.35. The first-order valence-electron chi connectivity index (χ1n) is 7.62. The topological polar surface area (TPSA) is 69.4 Å². The molecule has 2 N–H and O–H groups in total. The van der Waals surface area contributed by atoms with Crippen molar-refractivity contribution in [3.8, 4) is 0 Å². The van der Waals surface area contributed by atoms with E-state index in [1.165, 1.54) is 38.5 Å². The predicted octanol–water partition coefficient (Wildman–Crippen LogP) is 3.08. The Balaban J connectivity index is 1.95. The number of amides is 1. The molecule has 1 rings (SSSR count). The zero-order valence-corrected chi connectivity index (χ0v) is 12.1. The highest BCUT2D eigenvalue weighted by Crippen LogP contribution is 2.39. The summed E-state index contributed by atoms with van der Waals surface area (Å²) in [5, 5.41) is 0. The minimum absolute atomic E-state index is 0.276. The Kier molecular flexibility index (Phi) is 6.89. The molecule has 4 nitrogen and oxygen atoms in total. The first kappa shape index (κ1) is 16.0. The van der Waals surface area contributed by atoms with Gasteiger partial charge in [-0.1, -0.05) is 51.9 Å². The number of carbonyl (C=O) groups excluding carboxylic acids is 2. The average Bonchev–Trinajstić information content (AvgIpc) is 3.13. The van der Waals surface area contributed by atoms with E-state index in [1.807, 2.05) is 0 Å². The second kappa shape index (κ2) is 8.18. The molecule has 1 amide bonds. The van der Waals surface area contributed by atoms with Crippen molar-refractivity contribution < 1.29 is 14.3 Å². The van der Waals surface area contributed by atoms with E-state index in [0.717, 1.165) is 12.8 Å². The maximum absolute atomic E-state index is 11.5. The molecule has 1 fully saturated rings. The van der Waals surface area contributed by atoms with E-state index >= 15 is 0 Å². The van der Waals surface area contributed by atoms with Crippen molar-refractivity contribution in [2.45, 2.75) is 83.2 Å². The lowest BCUT2D eigenvalue weighted by atomic mass is 10.1. The average molecular weight is 269 g/mol. The number of primary amides is 1. The van der Waals surface area contributed by atoms with Crippen LogP contribution in [-0.4, -0.2) is 17.5 Å².